The summed E-state index contributed by atoms with van der Waals surface area (Å²) >= 11 is 0. The molecule has 0 aromatic heterocycles. The molecule has 1 atom stereocenters. The first-order valence-corrected chi connectivity index (χ1v) is 5.49. The number of rotatable bonds is 10. The van der Waals surface area contributed by atoms with Gasteiger partial charge in [-0.05, 0) is 19.4 Å². The number of hydrogen-bond acceptors (Lipinski definition) is 5. The van der Waals surface area contributed by atoms with Crippen LogP contribution in [-0.2, 0) is 30.9 Å². The monoisotopic (exact) mass is 320 g/mol. The van der Waals surface area contributed by atoms with E-state index in [1.165, 1.54) is 0 Å². The van der Waals surface area contributed by atoms with Crippen molar-refractivity contribution in [2.75, 3.05) is 19.6 Å². The minimum absolute atomic E-state index is 0. The average Bonchev–Trinajstić information content (AvgIpc) is 2.21. The molecule has 0 aliphatic rings. The van der Waals surface area contributed by atoms with Crippen LogP contribution >= 0.6 is 0 Å². The standard InChI is InChI=1S/C10H18N2O6.Ni/c11-4-2-1-3-7(10(17)18)12(5-8(13)14)6-9(15)16;/h7H,1-6,11H2,(H,13,14)(H,15,16)(H,17,18);. The Kier molecular flexibility index (Phi) is 11.4. The molecule has 8 nitrogen and oxygen atoms in total. The second-order valence-electron chi connectivity index (χ2n) is 3.83. The van der Waals surface area contributed by atoms with Crippen LogP contribution in [0.2, 0.25) is 0 Å². The molecule has 19 heavy (non-hydrogen) atoms. The molecule has 0 heterocycles. The van der Waals surface area contributed by atoms with Gasteiger partial charge >= 0.3 is 17.9 Å². The molecule has 0 amide bonds. The van der Waals surface area contributed by atoms with Crippen molar-refractivity contribution in [1.29, 1.82) is 0 Å². The molecule has 0 aliphatic heterocycles. The normalized spacial score (nSPS) is 11.7. The predicted octanol–water partition coefficient (Wildman–Crippen LogP) is -0.963. The third kappa shape index (κ3) is 9.41. The number of aliphatic carboxylic acids is 3. The van der Waals surface area contributed by atoms with Gasteiger partial charge in [0.25, 0.3) is 0 Å². The Morgan fingerprint density at radius 1 is 1.00 bits per heavy atom. The van der Waals surface area contributed by atoms with Crippen molar-refractivity contribution in [2.24, 2.45) is 5.73 Å². The van der Waals surface area contributed by atoms with Crippen molar-refractivity contribution in [2.45, 2.75) is 25.3 Å². The van der Waals surface area contributed by atoms with Gasteiger partial charge in [-0.3, -0.25) is 19.3 Å². The molecule has 114 valence electrons. The van der Waals surface area contributed by atoms with Crippen molar-refractivity contribution in [1.82, 2.24) is 4.90 Å². The molecule has 0 saturated heterocycles. The van der Waals surface area contributed by atoms with Crippen LogP contribution in [0.4, 0.5) is 0 Å². The molecule has 5 N–H and O–H groups in total. The number of hydrogen-bond donors (Lipinski definition) is 4. The Morgan fingerprint density at radius 3 is 1.79 bits per heavy atom. The number of nitrogens with zero attached hydrogens (tertiary/aromatic N) is 1. The second kappa shape index (κ2) is 10.7. The maximum absolute atomic E-state index is 11.0. The quantitative estimate of drug-likeness (QED) is 0.298. The van der Waals surface area contributed by atoms with E-state index in [2.05, 4.69) is 0 Å². The fourth-order valence-electron chi connectivity index (χ4n) is 1.57. The van der Waals surface area contributed by atoms with Crippen LogP contribution in [0.25, 0.3) is 0 Å². The summed E-state index contributed by atoms with van der Waals surface area (Å²) in [6, 6.07) is -1.12. The molecule has 0 radical (unpaired) electrons. The minimum Gasteiger partial charge on any atom is -0.480 e. The Morgan fingerprint density at radius 2 is 1.47 bits per heavy atom. The molecular weight excluding hydrogens is 303 g/mol. The van der Waals surface area contributed by atoms with E-state index < -0.39 is 37.0 Å². The van der Waals surface area contributed by atoms with Crippen molar-refractivity contribution >= 4 is 17.9 Å². The van der Waals surface area contributed by atoms with Crippen molar-refractivity contribution in [3.05, 3.63) is 0 Å². The second-order valence-corrected chi connectivity index (χ2v) is 3.83. The molecule has 0 aromatic rings. The van der Waals surface area contributed by atoms with Gasteiger partial charge in [-0.2, -0.15) is 0 Å². The first-order valence-electron chi connectivity index (χ1n) is 5.49. The number of carbonyl (C=O) groups is 3. The maximum atomic E-state index is 11.0. The maximum Gasteiger partial charge on any atom is 0.320 e. The average molecular weight is 321 g/mol. The zero-order chi connectivity index (χ0) is 14.1. The first-order chi connectivity index (χ1) is 8.38. The molecule has 0 aromatic carbocycles. The van der Waals surface area contributed by atoms with Gasteiger partial charge in [0, 0.05) is 16.5 Å². The molecule has 0 spiro atoms. The summed E-state index contributed by atoms with van der Waals surface area (Å²) in [7, 11) is 0. The fraction of sp³-hybridized carbons (Fsp3) is 0.700. The van der Waals surface area contributed by atoms with Crippen LogP contribution in [0.1, 0.15) is 19.3 Å². The summed E-state index contributed by atoms with van der Waals surface area (Å²) < 4.78 is 0. The topological polar surface area (TPSA) is 141 Å². The van der Waals surface area contributed by atoms with Gasteiger partial charge in [0.15, 0.2) is 0 Å². The third-order valence-corrected chi connectivity index (χ3v) is 2.33. The number of carboxylic acid groups (broad SMARTS) is 3. The third-order valence-electron chi connectivity index (χ3n) is 2.33. The van der Waals surface area contributed by atoms with E-state index in [4.69, 9.17) is 21.1 Å². The predicted molar refractivity (Wildman–Crippen MR) is 61.2 cm³/mol. The molecule has 0 fully saturated rings. The summed E-state index contributed by atoms with van der Waals surface area (Å²) in [5, 5.41) is 26.3. The summed E-state index contributed by atoms with van der Waals surface area (Å²) in [6.45, 7) is -0.831. The first kappa shape index (κ1) is 20.1. The van der Waals surface area contributed by atoms with Crippen LogP contribution < -0.4 is 5.73 Å². The van der Waals surface area contributed by atoms with Gasteiger partial charge in [0.1, 0.15) is 6.04 Å². The molecule has 1 unspecified atom stereocenters. The van der Waals surface area contributed by atoms with Crippen LogP contribution in [0, 0.1) is 0 Å². The van der Waals surface area contributed by atoms with Crippen LogP contribution in [0.15, 0.2) is 0 Å². The number of carboxylic acids is 3. The molecule has 0 saturated carbocycles. The van der Waals surface area contributed by atoms with E-state index in [-0.39, 0.29) is 22.9 Å². The summed E-state index contributed by atoms with van der Waals surface area (Å²) in [5.41, 5.74) is 5.28. The van der Waals surface area contributed by atoms with Gasteiger partial charge in [-0.15, -0.1) is 0 Å². The molecule has 9 heteroatoms. The van der Waals surface area contributed by atoms with Crippen molar-refractivity contribution < 1.29 is 46.2 Å². The van der Waals surface area contributed by atoms with E-state index >= 15 is 0 Å². The molecule has 0 bridgehead atoms. The van der Waals surface area contributed by atoms with Gasteiger partial charge in [-0.1, -0.05) is 6.42 Å². The SMILES string of the molecule is NCCCCC(C(=O)O)N(CC(=O)O)CC(=O)O.[Ni]. The summed E-state index contributed by atoms with van der Waals surface area (Å²) in [4.78, 5) is 33.2. The van der Waals surface area contributed by atoms with E-state index in [1.807, 2.05) is 0 Å². The van der Waals surface area contributed by atoms with Gasteiger partial charge in [0.2, 0.25) is 0 Å². The Balaban J connectivity index is 0. The number of unbranched alkanes of at least 4 members (excludes halogenated alkanes) is 1. The number of nitrogens with two attached hydrogens (primary N) is 1. The van der Waals surface area contributed by atoms with E-state index in [9.17, 15) is 14.4 Å². The fourth-order valence-corrected chi connectivity index (χ4v) is 1.57. The minimum atomic E-state index is -1.26. The van der Waals surface area contributed by atoms with Gasteiger partial charge in [0.05, 0.1) is 13.1 Å². The van der Waals surface area contributed by atoms with Gasteiger partial charge < -0.3 is 21.1 Å². The summed E-state index contributed by atoms with van der Waals surface area (Å²) in [5.74, 6) is -3.75. The molecule has 0 aliphatic carbocycles. The van der Waals surface area contributed by atoms with Crippen LogP contribution in [0.3, 0.4) is 0 Å². The largest absolute Gasteiger partial charge is 0.480 e. The van der Waals surface area contributed by atoms with Crippen molar-refractivity contribution in [3.63, 3.8) is 0 Å². The Labute approximate surface area is 120 Å². The Bertz CT molecular complexity index is 296. The van der Waals surface area contributed by atoms with Gasteiger partial charge in [-0.25, -0.2) is 0 Å². The van der Waals surface area contributed by atoms with Crippen LogP contribution in [0.5, 0.6) is 0 Å². The van der Waals surface area contributed by atoms with E-state index in [0.29, 0.717) is 19.4 Å². The van der Waals surface area contributed by atoms with Crippen LogP contribution in [-0.4, -0.2) is 63.8 Å². The zero-order valence-electron chi connectivity index (χ0n) is 10.2. The van der Waals surface area contributed by atoms with E-state index in [1.54, 1.807) is 0 Å². The van der Waals surface area contributed by atoms with Crippen molar-refractivity contribution in [3.8, 4) is 0 Å². The molecule has 0 rings (SSSR count). The van der Waals surface area contributed by atoms with E-state index in [0.717, 1.165) is 4.90 Å². The molecular formula is C10H18N2NiO6. The Hall–Kier alpha value is -1.18. The zero-order valence-corrected chi connectivity index (χ0v) is 11.2. The smallest absolute Gasteiger partial charge is 0.320 e. The summed E-state index contributed by atoms with van der Waals surface area (Å²) in [6.07, 6.45) is 1.29.